The number of alkyl carbamates (subject to hydrolysis) is 1. The van der Waals surface area contributed by atoms with Crippen molar-refractivity contribution in [2.75, 3.05) is 28.3 Å². The van der Waals surface area contributed by atoms with E-state index in [4.69, 9.17) is 42.6 Å². The highest BCUT2D eigenvalue weighted by atomic mass is 16.7. The lowest BCUT2D eigenvalue weighted by molar-refractivity contribution is -0.320. The summed E-state index contributed by atoms with van der Waals surface area (Å²) in [5, 5.41) is 13.8. The molecule has 0 aromatic carbocycles. The summed E-state index contributed by atoms with van der Waals surface area (Å²) in [7, 11) is 6.83. The van der Waals surface area contributed by atoms with E-state index in [0.29, 0.717) is 6.42 Å². The van der Waals surface area contributed by atoms with E-state index in [2.05, 4.69) is 5.32 Å². The number of aliphatic hydroxyl groups excluding tert-OH is 1. The second-order valence-corrected chi connectivity index (χ2v) is 17.7. The highest BCUT2D eigenvalue weighted by molar-refractivity contribution is 5.85. The second-order valence-electron chi connectivity index (χ2n) is 17.7. The Morgan fingerprint density at radius 1 is 0.912 bits per heavy atom. The predicted molar refractivity (Wildman–Crippen MR) is 206 cm³/mol. The molecule has 0 spiro atoms. The fraction of sp³-hybridized carbons (Fsp3) is 0.902. The number of likely N-dealkylation sites (N-methyl/N-ethyl adjacent to an activating group) is 1. The maximum absolute atomic E-state index is 14.5. The molecule has 4 fully saturated rings. The van der Waals surface area contributed by atoms with Crippen LogP contribution in [0.15, 0.2) is 0 Å². The van der Waals surface area contributed by atoms with Crippen molar-refractivity contribution in [1.29, 1.82) is 0 Å². The number of ether oxygens (including phenoxy) is 9. The number of methoxy groups -OCH3 is 2. The first kappa shape index (κ1) is 47.2. The van der Waals surface area contributed by atoms with E-state index in [1.165, 1.54) is 21.1 Å². The molecule has 0 radical (unpaired) electrons. The van der Waals surface area contributed by atoms with Crippen LogP contribution >= 0.6 is 0 Å². The number of nitrogens with one attached hydrogen (secondary N) is 1. The van der Waals surface area contributed by atoms with Gasteiger partial charge in [0.05, 0.1) is 53.6 Å². The van der Waals surface area contributed by atoms with Gasteiger partial charge in [0.1, 0.15) is 18.0 Å². The molecule has 1 amide bonds. The lowest BCUT2D eigenvalue weighted by Crippen LogP contribution is -2.62. The Morgan fingerprint density at radius 2 is 1.54 bits per heavy atom. The Morgan fingerprint density at radius 3 is 2.11 bits per heavy atom. The number of hydrogen-bond acceptors (Lipinski definition) is 15. The summed E-state index contributed by atoms with van der Waals surface area (Å²) in [6, 6.07) is -1.09. The third-order valence-electron chi connectivity index (χ3n) is 13.2. The first-order valence-electron chi connectivity index (χ1n) is 20.4. The molecule has 16 nitrogen and oxygen atoms in total. The highest BCUT2D eigenvalue weighted by Gasteiger charge is 2.58. The van der Waals surface area contributed by atoms with Crippen molar-refractivity contribution in [3.8, 4) is 0 Å². The van der Waals surface area contributed by atoms with Gasteiger partial charge in [-0.1, -0.05) is 27.7 Å². The van der Waals surface area contributed by atoms with Gasteiger partial charge in [-0.25, -0.2) is 4.79 Å². The third kappa shape index (κ3) is 9.80. The molecule has 328 valence electrons. The zero-order chi connectivity index (χ0) is 42.9. The molecule has 2 N–H and O–H groups in total. The molecule has 0 aromatic heterocycles. The first-order chi connectivity index (χ1) is 26.5. The lowest BCUT2D eigenvalue weighted by atomic mass is 9.73. The van der Waals surface area contributed by atoms with Crippen LogP contribution in [0.3, 0.4) is 0 Å². The Labute approximate surface area is 338 Å². The van der Waals surface area contributed by atoms with Gasteiger partial charge in [-0.05, 0) is 74.9 Å². The fourth-order valence-electron chi connectivity index (χ4n) is 9.64. The highest BCUT2D eigenvalue weighted by Crippen LogP contribution is 2.43. The summed E-state index contributed by atoms with van der Waals surface area (Å²) in [5.74, 6) is -4.42. The van der Waals surface area contributed by atoms with Crippen LogP contribution in [0.1, 0.15) is 102 Å². The van der Waals surface area contributed by atoms with E-state index in [9.17, 15) is 24.3 Å². The van der Waals surface area contributed by atoms with Crippen LogP contribution in [0.5, 0.6) is 0 Å². The van der Waals surface area contributed by atoms with Crippen LogP contribution in [0.25, 0.3) is 0 Å². The van der Waals surface area contributed by atoms with Crippen molar-refractivity contribution in [1.82, 2.24) is 10.2 Å². The topological polar surface area (TPSA) is 187 Å². The average Bonchev–Trinajstić information content (AvgIpc) is 3.46. The molecule has 4 aliphatic rings. The van der Waals surface area contributed by atoms with Crippen LogP contribution in [-0.4, -0.2) is 146 Å². The summed E-state index contributed by atoms with van der Waals surface area (Å²) in [6.07, 6.45) is -7.36. The van der Waals surface area contributed by atoms with Crippen molar-refractivity contribution < 1.29 is 66.9 Å². The van der Waals surface area contributed by atoms with Gasteiger partial charge in [0.25, 0.3) is 0 Å². The van der Waals surface area contributed by atoms with E-state index in [-0.39, 0.29) is 37.2 Å². The molecule has 18 atom stereocenters. The number of ketones is 1. The van der Waals surface area contributed by atoms with E-state index in [0.717, 1.165) is 0 Å². The van der Waals surface area contributed by atoms with Gasteiger partial charge >= 0.3 is 18.0 Å². The molecule has 0 bridgehead atoms. The number of Topliss-reactive ketones (excluding diaryl/α,β-unsaturated/α-hetero) is 1. The van der Waals surface area contributed by atoms with Gasteiger partial charge in [0, 0.05) is 45.3 Å². The summed E-state index contributed by atoms with van der Waals surface area (Å²) in [5.41, 5.74) is -3.67. The minimum atomic E-state index is -1.37. The Hall–Kier alpha value is -2.44. The number of fused-ring (bicyclic) bond motifs is 1. The zero-order valence-electron chi connectivity index (χ0n) is 36.7. The number of cyclic esters (lactones) is 1. The molecule has 0 saturated carbocycles. The SMILES string of the molecule is CC[C@H]1OC(=O)[C@H](C)[C@@H](O[C@H]2C[C@@](C)(OC)C(O)[C@H](C)O2)[C@H](C)[C@@H](O[C@@H]2O[C@H](C)C[C@H](N(C)C)[C@H]2OC(C)=O)[C@](C)(OC)C[C@@H](C)C(=O)[C@H](C)[C@H]2NC(=O)O[C@@]21C. The third-order valence-corrected chi connectivity index (χ3v) is 13.2. The molecular weight excluding hydrogens is 744 g/mol. The van der Waals surface area contributed by atoms with Gasteiger partial charge in [0.2, 0.25) is 0 Å². The van der Waals surface area contributed by atoms with E-state index >= 15 is 0 Å². The molecule has 0 aliphatic carbocycles. The molecule has 1 unspecified atom stereocenters. The normalized spacial score (nSPS) is 46.3. The van der Waals surface area contributed by atoms with Gasteiger partial charge in [0.15, 0.2) is 24.3 Å². The first-order valence-corrected chi connectivity index (χ1v) is 20.4. The van der Waals surface area contributed by atoms with Gasteiger partial charge in [-0.15, -0.1) is 0 Å². The number of hydrogen-bond donors (Lipinski definition) is 2. The lowest BCUT2D eigenvalue weighted by Gasteiger charge is -2.50. The standard InChI is InChI=1S/C41H70N2O14/c1-16-28-41(11)33(42-38(48)57-41)22(4)30(45)20(2)18-40(10,50-15)35(56-37-32(53-26(8)44)27(43(12)13)17-21(3)51-37)23(5)31(24(6)36(47)54-28)55-29-19-39(9,49-14)34(46)25(7)52-29/h20-25,27-29,31-35,37,46H,16-19H2,1-15H3,(H,42,48)/t20-,21-,22+,23+,24-,25+,27+,28-,29+,31+,32-,33-,34?,35-,37+,39-,40-,41-/m1/s1. The monoisotopic (exact) mass is 814 g/mol. The molecule has 4 rings (SSSR count). The second kappa shape index (κ2) is 18.4. The molecule has 16 heteroatoms. The minimum absolute atomic E-state index is 0.123. The zero-order valence-corrected chi connectivity index (χ0v) is 36.7. The summed E-state index contributed by atoms with van der Waals surface area (Å²) in [6.45, 7) is 19.2. The number of rotatable bonds is 9. The van der Waals surface area contributed by atoms with Gasteiger partial charge < -0.3 is 58.0 Å². The molecule has 0 aromatic rings. The van der Waals surface area contributed by atoms with Crippen molar-refractivity contribution in [2.45, 2.75) is 186 Å². The van der Waals surface area contributed by atoms with Crippen molar-refractivity contribution >= 4 is 23.8 Å². The molecule has 57 heavy (non-hydrogen) atoms. The Balaban J connectivity index is 1.91. The smallest absolute Gasteiger partial charge is 0.408 e. The Kier molecular flexibility index (Phi) is 15.3. The fourth-order valence-corrected chi connectivity index (χ4v) is 9.64. The summed E-state index contributed by atoms with van der Waals surface area (Å²) in [4.78, 5) is 56.4. The van der Waals surface area contributed by atoms with Crippen LogP contribution in [0, 0.1) is 23.7 Å². The van der Waals surface area contributed by atoms with E-state index in [1.807, 2.05) is 53.6 Å². The summed E-state index contributed by atoms with van der Waals surface area (Å²) < 4.78 is 56.7. The quantitative estimate of drug-likeness (QED) is 0.253. The molecule has 4 saturated heterocycles. The number of carbonyl (C=O) groups is 4. The number of aliphatic hydroxyl groups is 1. The van der Waals surface area contributed by atoms with Crippen molar-refractivity contribution in [3.63, 3.8) is 0 Å². The van der Waals surface area contributed by atoms with Crippen LogP contribution in [0.2, 0.25) is 0 Å². The maximum Gasteiger partial charge on any atom is 0.408 e. The number of carbonyl (C=O) groups excluding carboxylic acids is 4. The molecular formula is C41H70N2O14. The number of esters is 2. The van der Waals surface area contributed by atoms with Crippen LogP contribution in [0.4, 0.5) is 4.79 Å². The van der Waals surface area contributed by atoms with Crippen molar-refractivity contribution in [2.24, 2.45) is 23.7 Å². The Bertz CT molecular complexity index is 1430. The summed E-state index contributed by atoms with van der Waals surface area (Å²) >= 11 is 0. The van der Waals surface area contributed by atoms with Crippen LogP contribution < -0.4 is 5.32 Å². The largest absolute Gasteiger partial charge is 0.458 e. The molecule has 4 heterocycles. The number of nitrogens with zero attached hydrogens (tertiary/aromatic N) is 1. The maximum atomic E-state index is 14.5. The van der Waals surface area contributed by atoms with Gasteiger partial charge in [-0.2, -0.15) is 0 Å². The van der Waals surface area contributed by atoms with Gasteiger partial charge in [-0.3, -0.25) is 14.4 Å². The number of amides is 1. The van der Waals surface area contributed by atoms with Crippen molar-refractivity contribution in [3.05, 3.63) is 0 Å². The average molecular weight is 815 g/mol. The minimum Gasteiger partial charge on any atom is -0.458 e. The molecule has 4 aliphatic heterocycles. The van der Waals surface area contributed by atoms with Crippen LogP contribution in [-0.2, 0) is 57.0 Å². The van der Waals surface area contributed by atoms with E-state index in [1.54, 1.807) is 34.6 Å². The predicted octanol–water partition coefficient (Wildman–Crippen LogP) is 3.77. The van der Waals surface area contributed by atoms with E-state index < -0.39 is 114 Å².